The van der Waals surface area contributed by atoms with Crippen molar-refractivity contribution in [2.24, 2.45) is 0 Å². The third kappa shape index (κ3) is 4.25. The van der Waals surface area contributed by atoms with Crippen molar-refractivity contribution >= 4 is 5.91 Å². The van der Waals surface area contributed by atoms with Gasteiger partial charge < -0.3 is 4.90 Å². The number of hydrogen-bond donors (Lipinski definition) is 0. The van der Waals surface area contributed by atoms with Crippen LogP contribution in [0, 0.1) is 6.92 Å². The van der Waals surface area contributed by atoms with Gasteiger partial charge in [-0.2, -0.15) is 0 Å². The molecular formula is C23H30N4O. The molecule has 0 spiro atoms. The molecule has 0 saturated carbocycles. The summed E-state index contributed by atoms with van der Waals surface area (Å²) in [6, 6.07) is 10.6. The number of amides is 1. The van der Waals surface area contributed by atoms with E-state index in [4.69, 9.17) is 0 Å². The summed E-state index contributed by atoms with van der Waals surface area (Å²) in [4.78, 5) is 26.4. The molecule has 2 fully saturated rings. The maximum atomic E-state index is 13.3. The zero-order chi connectivity index (χ0) is 19.3. The van der Waals surface area contributed by atoms with Gasteiger partial charge in [-0.05, 0) is 50.3 Å². The Morgan fingerprint density at radius 3 is 2.61 bits per heavy atom. The number of rotatable bonds is 4. The highest BCUT2D eigenvalue weighted by atomic mass is 16.2. The van der Waals surface area contributed by atoms with Crippen molar-refractivity contribution in [1.29, 1.82) is 0 Å². The lowest BCUT2D eigenvalue weighted by atomic mass is 9.90. The highest BCUT2D eigenvalue weighted by molar-refractivity contribution is 5.82. The average Bonchev–Trinajstić information content (AvgIpc) is 2.75. The van der Waals surface area contributed by atoms with Gasteiger partial charge in [0, 0.05) is 37.4 Å². The zero-order valence-electron chi connectivity index (χ0n) is 16.8. The SMILES string of the molecule is Cc1cncnc1C1CCN(C(=O)[C@H]2CCCCN2Cc2ccccc2)CC1. The number of nitrogens with zero attached hydrogens (tertiary/aromatic N) is 4. The number of carbonyl (C=O) groups excluding carboxylic acids is 1. The van der Waals surface area contributed by atoms with Crippen LogP contribution in [0.2, 0.25) is 0 Å². The molecule has 1 atom stereocenters. The second-order valence-electron chi connectivity index (χ2n) is 8.16. The molecule has 28 heavy (non-hydrogen) atoms. The fourth-order valence-corrected chi connectivity index (χ4v) is 4.70. The largest absolute Gasteiger partial charge is 0.341 e. The first-order valence-electron chi connectivity index (χ1n) is 10.6. The molecule has 148 valence electrons. The lowest BCUT2D eigenvalue weighted by molar-refractivity contribution is -0.139. The predicted octanol–water partition coefficient (Wildman–Crippen LogP) is 3.55. The van der Waals surface area contributed by atoms with Crippen molar-refractivity contribution < 1.29 is 4.79 Å². The van der Waals surface area contributed by atoms with Crippen LogP contribution in [0.3, 0.4) is 0 Å². The predicted molar refractivity (Wildman–Crippen MR) is 110 cm³/mol. The van der Waals surface area contributed by atoms with E-state index in [1.807, 2.05) is 12.3 Å². The quantitative estimate of drug-likeness (QED) is 0.816. The summed E-state index contributed by atoms with van der Waals surface area (Å²) in [5.74, 6) is 0.771. The number of benzene rings is 1. The van der Waals surface area contributed by atoms with Gasteiger partial charge in [0.15, 0.2) is 0 Å². The van der Waals surface area contributed by atoms with Gasteiger partial charge >= 0.3 is 0 Å². The van der Waals surface area contributed by atoms with Crippen molar-refractivity contribution in [2.45, 2.75) is 57.5 Å². The van der Waals surface area contributed by atoms with Crippen molar-refractivity contribution in [3.63, 3.8) is 0 Å². The number of carbonyl (C=O) groups is 1. The Balaban J connectivity index is 1.39. The summed E-state index contributed by atoms with van der Waals surface area (Å²) < 4.78 is 0. The lowest BCUT2D eigenvalue weighted by Gasteiger charge is -2.40. The Morgan fingerprint density at radius 2 is 1.86 bits per heavy atom. The van der Waals surface area contributed by atoms with Crippen molar-refractivity contribution in [3.05, 3.63) is 59.7 Å². The summed E-state index contributed by atoms with van der Waals surface area (Å²) in [7, 11) is 0. The van der Waals surface area contributed by atoms with Gasteiger partial charge in [0.25, 0.3) is 0 Å². The molecule has 2 aromatic rings. The minimum absolute atomic E-state index is 0.0336. The summed E-state index contributed by atoms with van der Waals surface area (Å²) in [5, 5.41) is 0. The Morgan fingerprint density at radius 1 is 1.07 bits per heavy atom. The summed E-state index contributed by atoms with van der Waals surface area (Å²) >= 11 is 0. The van der Waals surface area contributed by atoms with Gasteiger partial charge in [0.1, 0.15) is 6.33 Å². The van der Waals surface area contributed by atoms with Gasteiger partial charge in [-0.25, -0.2) is 9.97 Å². The molecule has 1 aromatic carbocycles. The van der Waals surface area contributed by atoms with Crippen LogP contribution in [0.4, 0.5) is 0 Å². The molecule has 5 nitrogen and oxygen atoms in total. The molecular weight excluding hydrogens is 348 g/mol. The van der Waals surface area contributed by atoms with Gasteiger partial charge in [-0.3, -0.25) is 9.69 Å². The first-order chi connectivity index (χ1) is 13.7. The Labute approximate surface area is 167 Å². The van der Waals surface area contributed by atoms with E-state index >= 15 is 0 Å². The van der Waals surface area contributed by atoms with Crippen molar-refractivity contribution in [2.75, 3.05) is 19.6 Å². The van der Waals surface area contributed by atoms with Crippen LogP contribution in [-0.2, 0) is 11.3 Å². The van der Waals surface area contributed by atoms with E-state index in [9.17, 15) is 4.79 Å². The molecule has 1 amide bonds. The molecule has 2 aliphatic rings. The fourth-order valence-electron chi connectivity index (χ4n) is 4.70. The van der Waals surface area contributed by atoms with E-state index < -0.39 is 0 Å². The van der Waals surface area contributed by atoms with Crippen LogP contribution < -0.4 is 0 Å². The van der Waals surface area contributed by atoms with E-state index in [2.05, 4.69) is 51.0 Å². The second kappa shape index (κ2) is 8.82. The van der Waals surface area contributed by atoms with Gasteiger partial charge in [-0.1, -0.05) is 36.8 Å². The standard InChI is InChI=1S/C23H30N4O/c1-18-15-24-17-25-22(18)20-10-13-26(14-11-20)23(28)21-9-5-6-12-27(21)16-19-7-3-2-4-8-19/h2-4,7-8,15,17,20-21H,5-6,9-14,16H2,1H3/t21-/m1/s1. The molecule has 0 aliphatic carbocycles. The molecule has 2 aliphatic heterocycles. The van der Waals surface area contributed by atoms with Crippen LogP contribution >= 0.6 is 0 Å². The maximum absolute atomic E-state index is 13.3. The second-order valence-corrected chi connectivity index (χ2v) is 8.16. The smallest absolute Gasteiger partial charge is 0.239 e. The van der Waals surface area contributed by atoms with Crippen molar-refractivity contribution in [1.82, 2.24) is 19.8 Å². The van der Waals surface area contributed by atoms with Gasteiger partial charge in [-0.15, -0.1) is 0 Å². The highest BCUT2D eigenvalue weighted by Gasteiger charge is 2.34. The maximum Gasteiger partial charge on any atom is 0.239 e. The monoisotopic (exact) mass is 378 g/mol. The molecule has 3 heterocycles. The van der Waals surface area contributed by atoms with E-state index in [-0.39, 0.29) is 6.04 Å². The zero-order valence-corrected chi connectivity index (χ0v) is 16.8. The third-order valence-corrected chi connectivity index (χ3v) is 6.26. The molecule has 4 rings (SSSR count). The van der Waals surface area contributed by atoms with E-state index in [0.29, 0.717) is 11.8 Å². The molecule has 1 aromatic heterocycles. The summed E-state index contributed by atoms with van der Waals surface area (Å²) in [6.07, 6.45) is 8.84. The number of likely N-dealkylation sites (tertiary alicyclic amines) is 2. The topological polar surface area (TPSA) is 49.3 Å². The third-order valence-electron chi connectivity index (χ3n) is 6.26. The molecule has 2 saturated heterocycles. The first-order valence-corrected chi connectivity index (χ1v) is 10.6. The van der Waals surface area contributed by atoms with Crippen LogP contribution in [0.15, 0.2) is 42.9 Å². The normalized spacial score (nSPS) is 21.6. The first kappa shape index (κ1) is 19.1. The number of aryl methyl sites for hydroxylation is 1. The van der Waals surface area contributed by atoms with Crippen LogP contribution in [-0.4, -0.2) is 51.4 Å². The minimum atomic E-state index is 0.0336. The molecule has 0 radical (unpaired) electrons. The van der Waals surface area contributed by atoms with E-state index in [1.165, 1.54) is 12.0 Å². The Kier molecular flexibility index (Phi) is 6.01. The molecule has 5 heteroatoms. The van der Waals surface area contributed by atoms with Gasteiger partial charge in [0.2, 0.25) is 5.91 Å². The van der Waals surface area contributed by atoms with E-state index in [1.54, 1.807) is 6.33 Å². The fraction of sp³-hybridized carbons (Fsp3) is 0.522. The average molecular weight is 379 g/mol. The summed E-state index contributed by atoms with van der Waals surface area (Å²) in [5.41, 5.74) is 3.61. The Bertz CT molecular complexity index is 786. The minimum Gasteiger partial charge on any atom is -0.341 e. The molecule has 0 N–H and O–H groups in total. The molecule has 0 bridgehead atoms. The van der Waals surface area contributed by atoms with Gasteiger partial charge in [0.05, 0.1) is 6.04 Å². The molecule has 0 unspecified atom stereocenters. The van der Waals surface area contributed by atoms with Crippen LogP contribution in [0.5, 0.6) is 0 Å². The summed E-state index contributed by atoms with van der Waals surface area (Å²) in [6.45, 7) is 5.64. The lowest BCUT2D eigenvalue weighted by Crippen LogP contribution is -2.52. The van der Waals surface area contributed by atoms with Crippen LogP contribution in [0.1, 0.15) is 54.8 Å². The highest BCUT2D eigenvalue weighted by Crippen LogP contribution is 2.30. The number of hydrogen-bond acceptors (Lipinski definition) is 4. The van der Waals surface area contributed by atoms with E-state index in [0.717, 1.165) is 63.1 Å². The number of aromatic nitrogens is 2. The number of piperidine rings is 2. The Hall–Kier alpha value is -2.27. The van der Waals surface area contributed by atoms with Crippen LogP contribution in [0.25, 0.3) is 0 Å². The van der Waals surface area contributed by atoms with Crippen molar-refractivity contribution in [3.8, 4) is 0 Å².